The van der Waals surface area contributed by atoms with Crippen LogP contribution in [-0.2, 0) is 6.42 Å². The molecule has 1 unspecified atom stereocenters. The predicted molar refractivity (Wildman–Crippen MR) is 87.1 cm³/mol. The van der Waals surface area contributed by atoms with Gasteiger partial charge in [-0.2, -0.15) is 0 Å². The summed E-state index contributed by atoms with van der Waals surface area (Å²) < 4.78 is 1.14. The minimum absolute atomic E-state index is 0.0855. The lowest BCUT2D eigenvalue weighted by molar-refractivity contribution is 1.08. The van der Waals surface area contributed by atoms with Gasteiger partial charge in [0.25, 0.3) is 0 Å². The van der Waals surface area contributed by atoms with E-state index >= 15 is 0 Å². The van der Waals surface area contributed by atoms with E-state index in [-0.39, 0.29) is 5.38 Å². The molecule has 2 heteroatoms. The third kappa shape index (κ3) is 3.21. The molecule has 100 valence electrons. The van der Waals surface area contributed by atoms with Crippen LogP contribution in [0.3, 0.4) is 0 Å². The fourth-order valence-corrected chi connectivity index (χ4v) is 3.02. The zero-order chi connectivity index (χ0) is 14.0. The van der Waals surface area contributed by atoms with Crippen molar-refractivity contribution in [2.45, 2.75) is 32.6 Å². The average molecular weight is 338 g/mol. The standard InChI is InChI=1S/C17H18BrCl/c1-4-13-5-7-14(8-6-13)17(19)15-9-12(3)16(18)10-11(15)2/h5-10,17H,4H2,1-3H3. The highest BCUT2D eigenvalue weighted by Gasteiger charge is 2.14. The van der Waals surface area contributed by atoms with E-state index in [1.54, 1.807) is 0 Å². The van der Waals surface area contributed by atoms with E-state index in [1.165, 1.54) is 22.3 Å². The second-order valence-electron chi connectivity index (χ2n) is 4.92. The Morgan fingerprint density at radius 3 is 2.26 bits per heavy atom. The van der Waals surface area contributed by atoms with E-state index < -0.39 is 0 Å². The van der Waals surface area contributed by atoms with Gasteiger partial charge in [-0.15, -0.1) is 11.6 Å². The van der Waals surface area contributed by atoms with Crippen LogP contribution in [0.4, 0.5) is 0 Å². The summed E-state index contributed by atoms with van der Waals surface area (Å²) in [4.78, 5) is 0. The van der Waals surface area contributed by atoms with Gasteiger partial charge in [0.2, 0.25) is 0 Å². The topological polar surface area (TPSA) is 0 Å². The van der Waals surface area contributed by atoms with Crippen molar-refractivity contribution in [2.75, 3.05) is 0 Å². The number of aryl methyl sites for hydroxylation is 3. The Hall–Kier alpha value is -0.790. The first kappa shape index (κ1) is 14.6. The van der Waals surface area contributed by atoms with Crippen molar-refractivity contribution in [2.24, 2.45) is 0 Å². The molecule has 2 rings (SSSR count). The Balaban J connectivity index is 2.37. The third-order valence-corrected chi connectivity index (χ3v) is 4.84. The molecule has 0 spiro atoms. The molecule has 0 radical (unpaired) electrons. The highest BCUT2D eigenvalue weighted by Crippen LogP contribution is 2.33. The number of halogens is 2. The average Bonchev–Trinajstić information content (AvgIpc) is 2.42. The molecule has 1 atom stereocenters. The lowest BCUT2D eigenvalue weighted by atomic mass is 9.97. The zero-order valence-electron chi connectivity index (χ0n) is 11.5. The summed E-state index contributed by atoms with van der Waals surface area (Å²) in [6.07, 6.45) is 1.06. The molecule has 0 bridgehead atoms. The summed E-state index contributed by atoms with van der Waals surface area (Å²) >= 11 is 10.2. The minimum atomic E-state index is -0.0855. The van der Waals surface area contributed by atoms with Crippen LogP contribution in [0.25, 0.3) is 0 Å². The highest BCUT2D eigenvalue weighted by atomic mass is 79.9. The first-order valence-corrected chi connectivity index (χ1v) is 7.75. The molecule has 0 saturated carbocycles. The summed E-state index contributed by atoms with van der Waals surface area (Å²) in [7, 11) is 0. The van der Waals surface area contributed by atoms with E-state index in [0.29, 0.717) is 0 Å². The summed E-state index contributed by atoms with van der Waals surface area (Å²) in [6, 6.07) is 12.9. The van der Waals surface area contributed by atoms with Crippen molar-refractivity contribution in [1.29, 1.82) is 0 Å². The molecule has 0 heterocycles. The van der Waals surface area contributed by atoms with Gasteiger partial charge < -0.3 is 0 Å². The van der Waals surface area contributed by atoms with Crippen LogP contribution in [0.5, 0.6) is 0 Å². The number of rotatable bonds is 3. The number of hydrogen-bond acceptors (Lipinski definition) is 0. The Morgan fingerprint density at radius 2 is 1.68 bits per heavy atom. The minimum Gasteiger partial charge on any atom is -0.113 e. The van der Waals surface area contributed by atoms with Gasteiger partial charge in [0.15, 0.2) is 0 Å². The van der Waals surface area contributed by atoms with Gasteiger partial charge in [-0.25, -0.2) is 0 Å². The second-order valence-corrected chi connectivity index (χ2v) is 6.21. The summed E-state index contributed by atoms with van der Waals surface area (Å²) in [5, 5.41) is -0.0855. The van der Waals surface area contributed by atoms with E-state index in [2.05, 4.69) is 73.1 Å². The Labute approximate surface area is 128 Å². The number of hydrogen-bond donors (Lipinski definition) is 0. The molecule has 2 aromatic rings. The molecule has 0 aliphatic rings. The van der Waals surface area contributed by atoms with Crippen molar-refractivity contribution >= 4 is 27.5 Å². The van der Waals surface area contributed by atoms with Crippen molar-refractivity contribution in [1.82, 2.24) is 0 Å². The molecule has 0 saturated heterocycles. The lowest BCUT2D eigenvalue weighted by Crippen LogP contribution is -1.98. The Morgan fingerprint density at radius 1 is 1.05 bits per heavy atom. The molecular formula is C17H18BrCl. The SMILES string of the molecule is CCc1ccc(C(Cl)c2cc(C)c(Br)cc2C)cc1. The fraction of sp³-hybridized carbons (Fsp3) is 0.294. The van der Waals surface area contributed by atoms with Crippen LogP contribution >= 0.6 is 27.5 Å². The predicted octanol–water partition coefficient (Wildman–Crippen LogP) is 5.96. The van der Waals surface area contributed by atoms with Crippen molar-refractivity contribution in [3.63, 3.8) is 0 Å². The molecule has 19 heavy (non-hydrogen) atoms. The Bertz CT molecular complexity index is 573. The normalized spacial score (nSPS) is 12.5. The van der Waals surface area contributed by atoms with E-state index in [9.17, 15) is 0 Å². The highest BCUT2D eigenvalue weighted by molar-refractivity contribution is 9.10. The largest absolute Gasteiger partial charge is 0.113 e. The molecule has 0 N–H and O–H groups in total. The summed E-state index contributed by atoms with van der Waals surface area (Å²) in [5.74, 6) is 0. The molecule has 0 nitrogen and oxygen atoms in total. The fourth-order valence-electron chi connectivity index (χ4n) is 2.18. The molecule has 0 amide bonds. The molecule has 0 aliphatic heterocycles. The third-order valence-electron chi connectivity index (χ3n) is 3.50. The molecule has 0 aliphatic carbocycles. The van der Waals surface area contributed by atoms with Gasteiger partial charge in [0.05, 0.1) is 5.38 Å². The zero-order valence-corrected chi connectivity index (χ0v) is 13.8. The van der Waals surface area contributed by atoms with Gasteiger partial charge >= 0.3 is 0 Å². The lowest BCUT2D eigenvalue weighted by Gasteiger charge is -2.15. The van der Waals surface area contributed by atoms with Gasteiger partial charge in [-0.3, -0.25) is 0 Å². The maximum Gasteiger partial charge on any atom is 0.0838 e. The van der Waals surface area contributed by atoms with Crippen LogP contribution < -0.4 is 0 Å². The second kappa shape index (κ2) is 6.11. The van der Waals surface area contributed by atoms with Gasteiger partial charge in [-0.1, -0.05) is 53.2 Å². The maximum atomic E-state index is 6.64. The van der Waals surface area contributed by atoms with Crippen LogP contribution in [0.15, 0.2) is 40.9 Å². The molecule has 0 fully saturated rings. The smallest absolute Gasteiger partial charge is 0.0838 e. The summed E-state index contributed by atoms with van der Waals surface area (Å²) in [6.45, 7) is 6.36. The molecule has 2 aromatic carbocycles. The quantitative estimate of drug-likeness (QED) is 0.606. The van der Waals surface area contributed by atoms with Crippen molar-refractivity contribution in [3.05, 3.63) is 68.7 Å². The van der Waals surface area contributed by atoms with Crippen molar-refractivity contribution in [3.8, 4) is 0 Å². The maximum absolute atomic E-state index is 6.64. The molecular weight excluding hydrogens is 320 g/mol. The van der Waals surface area contributed by atoms with Crippen LogP contribution in [0.2, 0.25) is 0 Å². The number of alkyl halides is 1. The van der Waals surface area contributed by atoms with Crippen LogP contribution in [-0.4, -0.2) is 0 Å². The van der Waals surface area contributed by atoms with Gasteiger partial charge in [0, 0.05) is 4.47 Å². The molecule has 0 aromatic heterocycles. The van der Waals surface area contributed by atoms with Crippen molar-refractivity contribution < 1.29 is 0 Å². The monoisotopic (exact) mass is 336 g/mol. The van der Waals surface area contributed by atoms with E-state index in [4.69, 9.17) is 11.6 Å². The van der Waals surface area contributed by atoms with Crippen LogP contribution in [0, 0.1) is 13.8 Å². The van der Waals surface area contributed by atoms with E-state index in [1.807, 2.05) is 0 Å². The van der Waals surface area contributed by atoms with Gasteiger partial charge in [0.1, 0.15) is 0 Å². The first-order valence-electron chi connectivity index (χ1n) is 6.52. The number of benzene rings is 2. The Kier molecular flexibility index (Phi) is 4.70. The van der Waals surface area contributed by atoms with Gasteiger partial charge in [-0.05, 0) is 54.2 Å². The van der Waals surface area contributed by atoms with Crippen LogP contribution in [0.1, 0.15) is 40.1 Å². The first-order chi connectivity index (χ1) is 9.02. The summed E-state index contributed by atoms with van der Waals surface area (Å²) in [5.41, 5.74) is 6.13. The van der Waals surface area contributed by atoms with E-state index in [0.717, 1.165) is 16.5 Å².